The van der Waals surface area contributed by atoms with Crippen LogP contribution in [0, 0.1) is 0 Å². The SMILES string of the molecule is c1ccc2c(c1)C1CNCC21. The molecule has 1 N–H and O–H groups in total. The lowest BCUT2D eigenvalue weighted by atomic mass is 9.70. The molecule has 0 bridgehead atoms. The number of fused-ring (bicyclic) bond motifs is 4. The molecule has 56 valence electrons. The molecule has 1 fully saturated rings. The molecule has 0 aromatic heterocycles. The highest BCUT2D eigenvalue weighted by Crippen LogP contribution is 2.48. The molecular weight excluding hydrogens is 134 g/mol. The van der Waals surface area contributed by atoms with Gasteiger partial charge in [0.1, 0.15) is 0 Å². The molecule has 0 radical (unpaired) electrons. The Morgan fingerprint density at radius 1 is 1.00 bits per heavy atom. The monoisotopic (exact) mass is 145 g/mol. The fourth-order valence-electron chi connectivity index (χ4n) is 2.42. The first-order valence-corrected chi connectivity index (χ1v) is 4.26. The number of benzene rings is 1. The molecule has 1 heterocycles. The molecule has 2 unspecified atom stereocenters. The molecule has 1 saturated heterocycles. The van der Waals surface area contributed by atoms with Crippen molar-refractivity contribution in [2.75, 3.05) is 13.1 Å². The van der Waals surface area contributed by atoms with Crippen LogP contribution in [0.1, 0.15) is 23.0 Å². The van der Waals surface area contributed by atoms with Gasteiger partial charge in [-0.25, -0.2) is 0 Å². The number of hydrogen-bond donors (Lipinski definition) is 1. The molecule has 0 amide bonds. The summed E-state index contributed by atoms with van der Waals surface area (Å²) in [7, 11) is 0. The quantitative estimate of drug-likeness (QED) is 0.583. The maximum absolute atomic E-state index is 3.43. The van der Waals surface area contributed by atoms with E-state index in [0.29, 0.717) is 0 Å². The van der Waals surface area contributed by atoms with E-state index in [9.17, 15) is 0 Å². The number of hydrogen-bond acceptors (Lipinski definition) is 1. The lowest BCUT2D eigenvalue weighted by molar-refractivity contribution is 0.580. The van der Waals surface area contributed by atoms with E-state index in [-0.39, 0.29) is 0 Å². The van der Waals surface area contributed by atoms with Gasteiger partial charge in [0, 0.05) is 24.9 Å². The second kappa shape index (κ2) is 1.86. The van der Waals surface area contributed by atoms with Crippen LogP contribution in [0.15, 0.2) is 24.3 Å². The molecule has 1 aromatic rings. The second-order valence-corrected chi connectivity index (χ2v) is 3.50. The van der Waals surface area contributed by atoms with Gasteiger partial charge in [0.05, 0.1) is 0 Å². The molecule has 0 saturated carbocycles. The summed E-state index contributed by atoms with van der Waals surface area (Å²) in [5, 5.41) is 3.43. The smallest absolute Gasteiger partial charge is 0.00473 e. The number of rotatable bonds is 0. The fraction of sp³-hybridized carbons (Fsp3) is 0.400. The third kappa shape index (κ3) is 0.596. The minimum absolute atomic E-state index is 0.839. The van der Waals surface area contributed by atoms with Gasteiger partial charge < -0.3 is 5.32 Å². The molecule has 1 nitrogen and oxygen atoms in total. The van der Waals surface area contributed by atoms with Crippen molar-refractivity contribution < 1.29 is 0 Å². The normalized spacial score (nSPS) is 32.4. The van der Waals surface area contributed by atoms with Crippen molar-refractivity contribution in [1.29, 1.82) is 0 Å². The summed E-state index contributed by atoms with van der Waals surface area (Å²) in [6, 6.07) is 8.83. The van der Waals surface area contributed by atoms with Crippen LogP contribution < -0.4 is 5.32 Å². The van der Waals surface area contributed by atoms with Gasteiger partial charge >= 0.3 is 0 Å². The van der Waals surface area contributed by atoms with Crippen molar-refractivity contribution in [1.82, 2.24) is 5.32 Å². The van der Waals surface area contributed by atoms with Crippen molar-refractivity contribution >= 4 is 0 Å². The highest BCUT2D eigenvalue weighted by Gasteiger charge is 2.39. The Morgan fingerprint density at radius 3 is 2.09 bits per heavy atom. The molecule has 2 atom stereocenters. The fourth-order valence-corrected chi connectivity index (χ4v) is 2.42. The summed E-state index contributed by atoms with van der Waals surface area (Å²) in [6.45, 7) is 2.39. The van der Waals surface area contributed by atoms with Crippen LogP contribution in [0.25, 0.3) is 0 Å². The first-order chi connectivity index (χ1) is 5.47. The number of nitrogens with one attached hydrogen (secondary N) is 1. The topological polar surface area (TPSA) is 12.0 Å². The molecule has 11 heavy (non-hydrogen) atoms. The van der Waals surface area contributed by atoms with Gasteiger partial charge in [-0.3, -0.25) is 0 Å². The second-order valence-electron chi connectivity index (χ2n) is 3.50. The standard InChI is InChI=1S/C10H11N/c1-2-4-8-7(3-1)9-5-11-6-10(8)9/h1-4,9-11H,5-6H2. The highest BCUT2D eigenvalue weighted by molar-refractivity contribution is 5.46. The molecule has 0 spiro atoms. The summed E-state index contributed by atoms with van der Waals surface area (Å²) in [5.74, 6) is 1.68. The van der Waals surface area contributed by atoms with E-state index >= 15 is 0 Å². The minimum atomic E-state index is 0.839. The zero-order valence-electron chi connectivity index (χ0n) is 6.38. The van der Waals surface area contributed by atoms with E-state index in [1.165, 1.54) is 13.1 Å². The zero-order chi connectivity index (χ0) is 7.26. The van der Waals surface area contributed by atoms with E-state index in [1.807, 2.05) is 0 Å². The van der Waals surface area contributed by atoms with Crippen LogP contribution in [0.2, 0.25) is 0 Å². The summed E-state index contributed by atoms with van der Waals surface area (Å²) >= 11 is 0. The predicted molar refractivity (Wildman–Crippen MR) is 44.8 cm³/mol. The van der Waals surface area contributed by atoms with Crippen LogP contribution in [0.4, 0.5) is 0 Å². The van der Waals surface area contributed by atoms with Crippen molar-refractivity contribution in [3.05, 3.63) is 35.4 Å². The van der Waals surface area contributed by atoms with Crippen LogP contribution in [0.3, 0.4) is 0 Å². The van der Waals surface area contributed by atoms with Crippen molar-refractivity contribution in [2.24, 2.45) is 0 Å². The summed E-state index contributed by atoms with van der Waals surface area (Å²) < 4.78 is 0. The third-order valence-electron chi connectivity index (χ3n) is 3.01. The largest absolute Gasteiger partial charge is 0.315 e. The van der Waals surface area contributed by atoms with Gasteiger partial charge in [-0.05, 0) is 11.1 Å². The molecule has 1 aromatic carbocycles. The Hall–Kier alpha value is -0.820. The molecular formula is C10H11N. The summed E-state index contributed by atoms with van der Waals surface area (Å²) in [6.07, 6.45) is 0. The van der Waals surface area contributed by atoms with Gasteiger partial charge in [-0.1, -0.05) is 24.3 Å². The Morgan fingerprint density at radius 2 is 1.55 bits per heavy atom. The zero-order valence-corrected chi connectivity index (χ0v) is 6.38. The Balaban J connectivity index is 2.13. The van der Waals surface area contributed by atoms with Gasteiger partial charge in [0.25, 0.3) is 0 Å². The highest BCUT2D eigenvalue weighted by atomic mass is 14.9. The lowest BCUT2D eigenvalue weighted by Crippen LogP contribution is -2.21. The van der Waals surface area contributed by atoms with E-state index in [2.05, 4.69) is 29.6 Å². The van der Waals surface area contributed by atoms with Gasteiger partial charge in [-0.15, -0.1) is 0 Å². The van der Waals surface area contributed by atoms with Crippen LogP contribution >= 0.6 is 0 Å². The molecule has 1 aliphatic carbocycles. The Bertz CT molecular complexity index is 264. The van der Waals surface area contributed by atoms with E-state index in [1.54, 1.807) is 11.1 Å². The van der Waals surface area contributed by atoms with Crippen LogP contribution in [-0.4, -0.2) is 13.1 Å². The van der Waals surface area contributed by atoms with Crippen molar-refractivity contribution in [3.63, 3.8) is 0 Å². The Kier molecular flexibility index (Phi) is 0.977. The van der Waals surface area contributed by atoms with Crippen LogP contribution in [0.5, 0.6) is 0 Å². The van der Waals surface area contributed by atoms with E-state index in [4.69, 9.17) is 0 Å². The maximum atomic E-state index is 3.43. The maximum Gasteiger partial charge on any atom is 0.00473 e. The van der Waals surface area contributed by atoms with Gasteiger partial charge in [0.2, 0.25) is 0 Å². The van der Waals surface area contributed by atoms with Crippen LogP contribution in [-0.2, 0) is 0 Å². The average Bonchev–Trinajstić information content (AvgIpc) is 2.44. The first kappa shape index (κ1) is 5.78. The molecule has 2 aliphatic rings. The minimum Gasteiger partial charge on any atom is -0.315 e. The molecule has 1 heteroatoms. The summed E-state index contributed by atoms with van der Waals surface area (Å²) in [4.78, 5) is 0. The van der Waals surface area contributed by atoms with Gasteiger partial charge in [-0.2, -0.15) is 0 Å². The van der Waals surface area contributed by atoms with Crippen molar-refractivity contribution in [3.8, 4) is 0 Å². The van der Waals surface area contributed by atoms with E-state index < -0.39 is 0 Å². The average molecular weight is 145 g/mol. The Labute approximate surface area is 66.4 Å². The molecule has 3 rings (SSSR count). The third-order valence-corrected chi connectivity index (χ3v) is 3.01. The van der Waals surface area contributed by atoms with Crippen molar-refractivity contribution in [2.45, 2.75) is 11.8 Å². The summed E-state index contributed by atoms with van der Waals surface area (Å²) in [5.41, 5.74) is 3.17. The van der Waals surface area contributed by atoms with Gasteiger partial charge in [0.15, 0.2) is 0 Å². The predicted octanol–water partition coefficient (Wildman–Crippen LogP) is 1.47. The molecule has 1 aliphatic heterocycles. The van der Waals surface area contributed by atoms with E-state index in [0.717, 1.165) is 11.8 Å². The lowest BCUT2D eigenvalue weighted by Gasteiger charge is -2.33. The first-order valence-electron chi connectivity index (χ1n) is 4.26.